The molecule has 0 heterocycles. The van der Waals surface area contributed by atoms with Crippen LogP contribution in [0.25, 0.3) is 0 Å². The summed E-state index contributed by atoms with van der Waals surface area (Å²) in [7, 11) is 0. The number of hydrogen-bond donors (Lipinski definition) is 1. The van der Waals surface area contributed by atoms with Crippen molar-refractivity contribution < 1.29 is 13.5 Å². The summed E-state index contributed by atoms with van der Waals surface area (Å²) < 4.78 is 29.5. The van der Waals surface area contributed by atoms with Crippen molar-refractivity contribution in [1.29, 1.82) is 0 Å². The van der Waals surface area contributed by atoms with E-state index in [1.165, 1.54) is 0 Å². The van der Waals surface area contributed by atoms with E-state index >= 15 is 0 Å². The van der Waals surface area contributed by atoms with Crippen molar-refractivity contribution in [3.05, 3.63) is 28.3 Å². The van der Waals surface area contributed by atoms with Crippen LogP contribution < -0.4 is 10.5 Å². The van der Waals surface area contributed by atoms with Crippen molar-refractivity contribution in [2.24, 2.45) is 5.73 Å². The van der Waals surface area contributed by atoms with E-state index in [0.717, 1.165) is 30.4 Å². The standard InChI is InChI=1S/C15H22ClF2NO/c1-15(2,3)11-8-10(6-4-5-7-19)9-12(13(11)16)20-14(17)18/h8-9,14H,4-7,19H2,1-3H3. The van der Waals surface area contributed by atoms with Crippen LogP contribution in [0.2, 0.25) is 5.02 Å². The molecule has 0 spiro atoms. The maximum Gasteiger partial charge on any atom is 0.387 e. The first kappa shape index (κ1) is 17.2. The molecule has 1 aromatic carbocycles. The van der Waals surface area contributed by atoms with Crippen LogP contribution in [0.3, 0.4) is 0 Å². The molecule has 0 aliphatic carbocycles. The van der Waals surface area contributed by atoms with E-state index in [2.05, 4.69) is 4.74 Å². The lowest BCUT2D eigenvalue weighted by Gasteiger charge is -2.23. The molecule has 0 saturated carbocycles. The molecule has 0 aromatic heterocycles. The van der Waals surface area contributed by atoms with E-state index in [0.29, 0.717) is 6.54 Å². The van der Waals surface area contributed by atoms with Crippen LogP contribution in [0.1, 0.15) is 44.7 Å². The zero-order valence-electron chi connectivity index (χ0n) is 12.2. The Kier molecular flexibility index (Phi) is 6.21. The summed E-state index contributed by atoms with van der Waals surface area (Å²) in [5.74, 6) is 0.0526. The van der Waals surface area contributed by atoms with E-state index in [1.54, 1.807) is 6.07 Å². The van der Waals surface area contributed by atoms with E-state index in [1.807, 2.05) is 26.8 Å². The van der Waals surface area contributed by atoms with E-state index in [9.17, 15) is 8.78 Å². The molecule has 0 saturated heterocycles. The van der Waals surface area contributed by atoms with Crippen LogP contribution in [0.4, 0.5) is 8.78 Å². The van der Waals surface area contributed by atoms with Crippen LogP contribution in [0, 0.1) is 0 Å². The molecule has 114 valence electrons. The molecule has 0 unspecified atom stereocenters. The third-order valence-electron chi connectivity index (χ3n) is 3.04. The molecule has 0 aliphatic heterocycles. The highest BCUT2D eigenvalue weighted by molar-refractivity contribution is 6.33. The zero-order valence-corrected chi connectivity index (χ0v) is 12.9. The molecule has 0 radical (unpaired) electrons. The molecule has 5 heteroatoms. The summed E-state index contributed by atoms with van der Waals surface area (Å²) in [4.78, 5) is 0. The predicted octanol–water partition coefficient (Wildman–Crippen LogP) is 4.52. The molecule has 0 atom stereocenters. The van der Waals surface area contributed by atoms with E-state index in [4.69, 9.17) is 17.3 Å². The second-order valence-corrected chi connectivity index (χ2v) is 6.21. The second kappa shape index (κ2) is 7.23. The Morgan fingerprint density at radius 3 is 2.40 bits per heavy atom. The summed E-state index contributed by atoms with van der Waals surface area (Å²) in [6.45, 7) is 3.72. The van der Waals surface area contributed by atoms with Crippen LogP contribution in [0.15, 0.2) is 12.1 Å². The van der Waals surface area contributed by atoms with Gasteiger partial charge in [-0.3, -0.25) is 0 Å². The molecule has 1 aromatic rings. The summed E-state index contributed by atoms with van der Waals surface area (Å²) in [6, 6.07) is 3.57. The van der Waals surface area contributed by atoms with Gasteiger partial charge in [0.25, 0.3) is 0 Å². The van der Waals surface area contributed by atoms with Gasteiger partial charge in [0.15, 0.2) is 0 Å². The Balaban J connectivity index is 3.13. The Hall–Kier alpha value is -0.870. The van der Waals surface area contributed by atoms with Gasteiger partial charge in [-0.05, 0) is 48.4 Å². The second-order valence-electron chi connectivity index (χ2n) is 5.83. The normalized spacial score (nSPS) is 12.0. The third-order valence-corrected chi connectivity index (χ3v) is 3.43. The number of ether oxygens (including phenoxy) is 1. The smallest absolute Gasteiger partial charge is 0.387 e. The molecule has 2 nitrogen and oxygen atoms in total. The van der Waals surface area contributed by atoms with Crippen molar-refractivity contribution in [3.63, 3.8) is 0 Å². The van der Waals surface area contributed by atoms with Gasteiger partial charge in [-0.25, -0.2) is 0 Å². The van der Waals surface area contributed by atoms with Crippen LogP contribution in [-0.4, -0.2) is 13.2 Å². The monoisotopic (exact) mass is 305 g/mol. The van der Waals surface area contributed by atoms with Gasteiger partial charge in [-0.2, -0.15) is 8.78 Å². The quantitative estimate of drug-likeness (QED) is 0.784. The Bertz CT molecular complexity index is 444. The lowest BCUT2D eigenvalue weighted by molar-refractivity contribution is -0.0499. The number of unbranched alkanes of at least 4 members (excludes halogenated alkanes) is 1. The molecule has 0 fully saturated rings. The van der Waals surface area contributed by atoms with Gasteiger partial charge in [0.2, 0.25) is 0 Å². The van der Waals surface area contributed by atoms with Crippen molar-refractivity contribution >= 4 is 11.6 Å². The average molecular weight is 306 g/mol. The lowest BCUT2D eigenvalue weighted by Crippen LogP contribution is -2.14. The van der Waals surface area contributed by atoms with Gasteiger partial charge in [-0.1, -0.05) is 38.4 Å². The van der Waals surface area contributed by atoms with Gasteiger partial charge in [0.05, 0.1) is 5.02 Å². The highest BCUT2D eigenvalue weighted by Crippen LogP contribution is 2.38. The molecule has 0 bridgehead atoms. The average Bonchev–Trinajstić information content (AvgIpc) is 2.31. The lowest BCUT2D eigenvalue weighted by atomic mass is 9.85. The maximum absolute atomic E-state index is 12.5. The largest absolute Gasteiger partial charge is 0.433 e. The van der Waals surface area contributed by atoms with Gasteiger partial charge in [-0.15, -0.1) is 0 Å². The zero-order chi connectivity index (χ0) is 15.3. The number of nitrogens with two attached hydrogens (primary N) is 1. The fourth-order valence-electron chi connectivity index (χ4n) is 2.00. The van der Waals surface area contributed by atoms with Gasteiger partial charge < -0.3 is 10.5 Å². The Labute approximate surface area is 124 Å². The summed E-state index contributed by atoms with van der Waals surface area (Å²) in [6.07, 6.45) is 2.59. The van der Waals surface area contributed by atoms with E-state index < -0.39 is 6.61 Å². The minimum Gasteiger partial charge on any atom is -0.433 e. The van der Waals surface area contributed by atoms with Crippen molar-refractivity contribution in [2.75, 3.05) is 6.54 Å². The number of rotatable bonds is 6. The van der Waals surface area contributed by atoms with Crippen molar-refractivity contribution in [3.8, 4) is 5.75 Å². The predicted molar refractivity (Wildman–Crippen MR) is 78.8 cm³/mol. The maximum atomic E-state index is 12.5. The highest BCUT2D eigenvalue weighted by Gasteiger charge is 2.22. The Morgan fingerprint density at radius 2 is 1.90 bits per heavy atom. The number of halogens is 3. The molecule has 2 N–H and O–H groups in total. The van der Waals surface area contributed by atoms with Gasteiger partial charge in [0.1, 0.15) is 5.75 Å². The molecule has 20 heavy (non-hydrogen) atoms. The number of aryl methyl sites for hydroxylation is 1. The molecule has 0 amide bonds. The fraction of sp³-hybridized carbons (Fsp3) is 0.600. The van der Waals surface area contributed by atoms with Crippen LogP contribution in [-0.2, 0) is 11.8 Å². The topological polar surface area (TPSA) is 35.2 Å². The van der Waals surface area contributed by atoms with Crippen LogP contribution in [0.5, 0.6) is 5.75 Å². The summed E-state index contributed by atoms with van der Waals surface area (Å²) >= 11 is 6.19. The first-order valence-corrected chi connectivity index (χ1v) is 7.11. The molecule has 0 aliphatic rings. The number of benzene rings is 1. The number of alkyl halides is 2. The minimum absolute atomic E-state index is 0.0526. The first-order chi connectivity index (χ1) is 9.25. The van der Waals surface area contributed by atoms with E-state index in [-0.39, 0.29) is 16.2 Å². The Morgan fingerprint density at radius 1 is 1.25 bits per heavy atom. The molecular formula is C15H22ClF2NO. The van der Waals surface area contributed by atoms with Gasteiger partial charge >= 0.3 is 6.61 Å². The van der Waals surface area contributed by atoms with Crippen LogP contribution >= 0.6 is 11.6 Å². The summed E-state index contributed by atoms with van der Waals surface area (Å²) in [5, 5.41) is 0.264. The van der Waals surface area contributed by atoms with Gasteiger partial charge in [0, 0.05) is 0 Å². The third kappa shape index (κ3) is 4.91. The molecular weight excluding hydrogens is 284 g/mol. The van der Waals surface area contributed by atoms with Crippen molar-refractivity contribution in [1.82, 2.24) is 0 Å². The molecule has 1 rings (SSSR count). The number of hydrogen-bond acceptors (Lipinski definition) is 2. The fourth-order valence-corrected chi connectivity index (χ4v) is 2.44. The summed E-state index contributed by atoms with van der Waals surface area (Å²) in [5.41, 5.74) is 7.00. The van der Waals surface area contributed by atoms with Crippen molar-refractivity contribution in [2.45, 2.75) is 52.1 Å². The first-order valence-electron chi connectivity index (χ1n) is 6.73. The SMILES string of the molecule is CC(C)(C)c1cc(CCCCN)cc(OC(F)F)c1Cl. The highest BCUT2D eigenvalue weighted by atomic mass is 35.5. The minimum atomic E-state index is -2.88.